The van der Waals surface area contributed by atoms with Crippen molar-refractivity contribution in [3.8, 4) is 0 Å². The van der Waals surface area contributed by atoms with Crippen LogP contribution in [0.1, 0.15) is 12.8 Å². The average Bonchev–Trinajstić information content (AvgIpc) is 3.30. The van der Waals surface area contributed by atoms with Crippen molar-refractivity contribution < 1.29 is 9.66 Å². The molecule has 1 aliphatic carbocycles. The van der Waals surface area contributed by atoms with Crippen LogP contribution in [0, 0.1) is 10.1 Å². The molecule has 20 heavy (non-hydrogen) atoms. The maximum Gasteiger partial charge on any atom is 0.363 e. The van der Waals surface area contributed by atoms with Gasteiger partial charge in [0.25, 0.3) is 0 Å². The number of nitrogens with zero attached hydrogens (tertiary/aromatic N) is 3. The van der Waals surface area contributed by atoms with Gasteiger partial charge in [-0.3, -0.25) is 0 Å². The van der Waals surface area contributed by atoms with Gasteiger partial charge in [-0.05, 0) is 28.8 Å². The van der Waals surface area contributed by atoms with Crippen molar-refractivity contribution in [2.75, 3.05) is 31.1 Å². The van der Waals surface area contributed by atoms with Crippen LogP contribution in [0.15, 0.2) is 18.3 Å². The smallest absolute Gasteiger partial charge is 0.363 e. The lowest BCUT2D eigenvalue weighted by atomic mass is 10.2. The van der Waals surface area contributed by atoms with Gasteiger partial charge in [-0.1, -0.05) is 0 Å². The number of hydrogen-bond donors (Lipinski definition) is 1. The molecule has 2 fully saturated rings. The van der Waals surface area contributed by atoms with Gasteiger partial charge in [0, 0.05) is 31.7 Å². The molecule has 0 bridgehead atoms. The molecule has 7 heteroatoms. The maximum atomic E-state index is 10.6. The van der Waals surface area contributed by atoms with Crippen LogP contribution in [-0.2, 0) is 4.74 Å². The summed E-state index contributed by atoms with van der Waals surface area (Å²) >= 11 is 0. The number of anilines is 1. The highest BCUT2D eigenvalue weighted by Gasteiger charge is 2.25. The number of aromatic nitrogens is 1. The van der Waals surface area contributed by atoms with Gasteiger partial charge in [-0.25, -0.2) is 0 Å². The third-order valence-electron chi connectivity index (χ3n) is 3.63. The zero-order chi connectivity index (χ0) is 13.9. The molecule has 108 valence electrons. The fraction of sp³-hybridized carbons (Fsp3) is 0.615. The van der Waals surface area contributed by atoms with Gasteiger partial charge in [0.05, 0.1) is 18.4 Å². The quantitative estimate of drug-likeness (QED) is 0.638. The molecule has 1 aromatic rings. The van der Waals surface area contributed by atoms with Crippen molar-refractivity contribution in [1.29, 1.82) is 0 Å². The first-order chi connectivity index (χ1) is 9.72. The molecule has 0 spiro atoms. The van der Waals surface area contributed by atoms with E-state index in [0.717, 1.165) is 25.3 Å². The number of nitrogens with one attached hydrogen (secondary N) is 1. The van der Waals surface area contributed by atoms with E-state index in [1.165, 1.54) is 18.9 Å². The van der Waals surface area contributed by atoms with Crippen LogP contribution in [0.4, 0.5) is 11.5 Å². The monoisotopic (exact) mass is 278 g/mol. The molecule has 1 atom stereocenters. The Kier molecular flexibility index (Phi) is 3.79. The summed E-state index contributed by atoms with van der Waals surface area (Å²) in [6, 6.07) is 3.87. The van der Waals surface area contributed by atoms with Crippen LogP contribution < -0.4 is 10.2 Å². The van der Waals surface area contributed by atoms with Crippen LogP contribution in [-0.4, -0.2) is 48.3 Å². The normalized spacial score (nSPS) is 22.8. The van der Waals surface area contributed by atoms with Crippen molar-refractivity contribution in [1.82, 2.24) is 10.3 Å². The number of hydrogen-bond acceptors (Lipinski definition) is 6. The van der Waals surface area contributed by atoms with Gasteiger partial charge in [0.2, 0.25) is 0 Å². The Morgan fingerprint density at radius 2 is 2.35 bits per heavy atom. The zero-order valence-electron chi connectivity index (χ0n) is 11.2. The molecule has 7 nitrogen and oxygen atoms in total. The van der Waals surface area contributed by atoms with E-state index in [-0.39, 0.29) is 11.9 Å². The molecule has 1 saturated carbocycles. The molecule has 3 rings (SSSR count). The minimum atomic E-state index is -0.481. The molecule has 1 saturated heterocycles. The van der Waals surface area contributed by atoms with Gasteiger partial charge in [0.1, 0.15) is 0 Å². The van der Waals surface area contributed by atoms with Crippen LogP contribution >= 0.6 is 0 Å². The molecular formula is C13H18N4O3. The second-order valence-corrected chi connectivity index (χ2v) is 5.25. The SMILES string of the molecule is O=[N+]([O-])c1ccc(N2CCOC(CNC3CC3)C2)cn1. The highest BCUT2D eigenvalue weighted by molar-refractivity contribution is 5.47. The summed E-state index contributed by atoms with van der Waals surface area (Å²) in [7, 11) is 0. The topological polar surface area (TPSA) is 80.5 Å². The highest BCUT2D eigenvalue weighted by atomic mass is 16.6. The lowest BCUT2D eigenvalue weighted by Gasteiger charge is -2.34. The summed E-state index contributed by atoms with van der Waals surface area (Å²) in [5.41, 5.74) is 0.912. The van der Waals surface area contributed by atoms with Crippen molar-refractivity contribution in [3.63, 3.8) is 0 Å². The Hall–Kier alpha value is -1.73. The molecule has 1 aromatic heterocycles. The first kappa shape index (κ1) is 13.3. The van der Waals surface area contributed by atoms with Crippen molar-refractivity contribution in [3.05, 3.63) is 28.4 Å². The van der Waals surface area contributed by atoms with E-state index in [9.17, 15) is 10.1 Å². The minimum Gasteiger partial charge on any atom is -0.373 e. The van der Waals surface area contributed by atoms with E-state index >= 15 is 0 Å². The maximum absolute atomic E-state index is 10.6. The fourth-order valence-electron chi connectivity index (χ4n) is 2.34. The predicted octanol–water partition coefficient (Wildman–Crippen LogP) is 0.947. The van der Waals surface area contributed by atoms with E-state index in [0.29, 0.717) is 12.6 Å². The molecule has 1 N–H and O–H groups in total. The van der Waals surface area contributed by atoms with Gasteiger partial charge >= 0.3 is 5.82 Å². The minimum absolute atomic E-state index is 0.117. The standard InChI is InChI=1S/C13H18N4O3/c18-17(19)13-4-3-11(7-15-13)16-5-6-20-12(9-16)8-14-10-1-2-10/h3-4,7,10,12,14H,1-2,5-6,8-9H2. The second kappa shape index (κ2) is 5.72. The molecule has 2 heterocycles. The summed E-state index contributed by atoms with van der Waals surface area (Å²) < 4.78 is 5.74. The summed E-state index contributed by atoms with van der Waals surface area (Å²) in [4.78, 5) is 16.1. The number of pyridine rings is 1. The van der Waals surface area contributed by atoms with Crippen molar-refractivity contribution in [2.45, 2.75) is 25.0 Å². The summed E-state index contributed by atoms with van der Waals surface area (Å²) in [6.45, 7) is 3.12. The Morgan fingerprint density at radius 1 is 1.50 bits per heavy atom. The van der Waals surface area contributed by atoms with Gasteiger partial charge in [0.15, 0.2) is 6.20 Å². The summed E-state index contributed by atoms with van der Waals surface area (Å²) in [5.74, 6) is -0.117. The summed E-state index contributed by atoms with van der Waals surface area (Å²) in [6.07, 6.45) is 4.26. The first-order valence-corrected chi connectivity index (χ1v) is 6.93. The number of nitro groups is 1. The molecule has 0 aromatic carbocycles. The molecule has 1 unspecified atom stereocenters. The van der Waals surface area contributed by atoms with Crippen LogP contribution in [0.5, 0.6) is 0 Å². The lowest BCUT2D eigenvalue weighted by molar-refractivity contribution is -0.389. The predicted molar refractivity (Wildman–Crippen MR) is 73.9 cm³/mol. The fourth-order valence-corrected chi connectivity index (χ4v) is 2.34. The Bertz CT molecular complexity index is 475. The van der Waals surface area contributed by atoms with Gasteiger partial charge in [-0.2, -0.15) is 0 Å². The zero-order valence-corrected chi connectivity index (χ0v) is 11.2. The third-order valence-corrected chi connectivity index (χ3v) is 3.63. The van der Waals surface area contributed by atoms with Gasteiger partial charge < -0.3 is 25.1 Å². The summed E-state index contributed by atoms with van der Waals surface area (Å²) in [5, 5.41) is 14.1. The average molecular weight is 278 g/mol. The molecule has 2 aliphatic rings. The Labute approximate surface area is 117 Å². The van der Waals surface area contributed by atoms with E-state index in [1.807, 2.05) is 0 Å². The number of rotatable bonds is 5. The lowest BCUT2D eigenvalue weighted by Crippen LogP contribution is -2.47. The molecule has 0 amide bonds. The van der Waals surface area contributed by atoms with E-state index in [4.69, 9.17) is 4.74 Å². The molecular weight excluding hydrogens is 260 g/mol. The Balaban J connectivity index is 1.58. The van der Waals surface area contributed by atoms with Gasteiger partial charge in [-0.15, -0.1) is 0 Å². The van der Waals surface area contributed by atoms with E-state index in [2.05, 4.69) is 15.2 Å². The second-order valence-electron chi connectivity index (χ2n) is 5.25. The van der Waals surface area contributed by atoms with Crippen molar-refractivity contribution in [2.24, 2.45) is 0 Å². The molecule has 1 aliphatic heterocycles. The Morgan fingerprint density at radius 3 is 3.00 bits per heavy atom. The molecule has 0 radical (unpaired) electrons. The first-order valence-electron chi connectivity index (χ1n) is 6.93. The van der Waals surface area contributed by atoms with E-state index < -0.39 is 4.92 Å². The largest absolute Gasteiger partial charge is 0.373 e. The van der Waals surface area contributed by atoms with Crippen LogP contribution in [0.25, 0.3) is 0 Å². The van der Waals surface area contributed by atoms with Crippen LogP contribution in [0.3, 0.4) is 0 Å². The third kappa shape index (κ3) is 3.23. The number of ether oxygens (including phenoxy) is 1. The highest BCUT2D eigenvalue weighted by Crippen LogP contribution is 2.21. The number of morpholine rings is 1. The van der Waals surface area contributed by atoms with Crippen molar-refractivity contribution >= 4 is 11.5 Å². The van der Waals surface area contributed by atoms with E-state index in [1.54, 1.807) is 12.3 Å². The van der Waals surface area contributed by atoms with Crippen LogP contribution in [0.2, 0.25) is 0 Å².